The first-order valence-electron chi connectivity index (χ1n) is 8.44. The van der Waals surface area contributed by atoms with Gasteiger partial charge in [0.2, 0.25) is 5.91 Å². The summed E-state index contributed by atoms with van der Waals surface area (Å²) >= 11 is 0. The lowest BCUT2D eigenvalue weighted by Gasteiger charge is -2.57. The molecule has 21 heavy (non-hydrogen) atoms. The third kappa shape index (κ3) is 2.98. The Morgan fingerprint density at radius 3 is 2.38 bits per heavy atom. The molecule has 0 aromatic rings. The lowest BCUT2D eigenvalue weighted by atomic mass is 9.54. The third-order valence-electron chi connectivity index (χ3n) is 5.97. The fraction of sp³-hybridized carbons (Fsp3) is 0.941. The van der Waals surface area contributed by atoms with Gasteiger partial charge in [0, 0.05) is 25.0 Å². The van der Waals surface area contributed by atoms with E-state index in [0.29, 0.717) is 13.0 Å². The smallest absolute Gasteiger partial charge is 0.240 e. The predicted molar refractivity (Wildman–Crippen MR) is 84.9 cm³/mol. The summed E-state index contributed by atoms with van der Waals surface area (Å²) in [6.07, 6.45) is 6.99. The maximum atomic E-state index is 12.6. The Bertz CT molecular complexity index is 388. The second kappa shape index (κ2) is 5.88. The van der Waals surface area contributed by atoms with Crippen LogP contribution >= 0.6 is 0 Å². The van der Waals surface area contributed by atoms with Crippen LogP contribution in [0, 0.1) is 10.8 Å². The molecule has 2 rings (SSSR count). The Balaban J connectivity index is 1.91. The summed E-state index contributed by atoms with van der Waals surface area (Å²) in [6.45, 7) is 9.77. The fourth-order valence-electron chi connectivity index (χ4n) is 3.85. The van der Waals surface area contributed by atoms with Crippen LogP contribution < -0.4 is 11.1 Å². The molecule has 0 spiro atoms. The van der Waals surface area contributed by atoms with Crippen molar-refractivity contribution in [3.05, 3.63) is 0 Å². The molecule has 2 saturated carbocycles. The molecule has 0 aromatic carbocycles. The number of ether oxygens (including phenoxy) is 1. The zero-order chi connectivity index (χ0) is 15.7. The lowest BCUT2D eigenvalue weighted by Crippen LogP contribution is -2.76. The van der Waals surface area contributed by atoms with Crippen molar-refractivity contribution in [1.82, 2.24) is 5.32 Å². The Hall–Kier alpha value is -0.610. The van der Waals surface area contributed by atoms with Crippen molar-refractivity contribution >= 4 is 5.91 Å². The van der Waals surface area contributed by atoms with Crippen molar-refractivity contribution in [2.45, 2.75) is 77.9 Å². The Kier molecular flexibility index (Phi) is 4.69. The van der Waals surface area contributed by atoms with Crippen molar-refractivity contribution in [2.24, 2.45) is 16.6 Å². The Labute approximate surface area is 129 Å². The van der Waals surface area contributed by atoms with E-state index in [4.69, 9.17) is 10.5 Å². The minimum absolute atomic E-state index is 0.00440. The second-order valence-corrected chi connectivity index (χ2v) is 7.90. The van der Waals surface area contributed by atoms with Gasteiger partial charge < -0.3 is 15.8 Å². The largest absolute Gasteiger partial charge is 0.378 e. The predicted octanol–water partition coefficient (Wildman–Crippen LogP) is 2.61. The number of carbonyl (C=O) groups is 1. The zero-order valence-corrected chi connectivity index (χ0v) is 14.1. The molecule has 2 atom stereocenters. The first-order chi connectivity index (χ1) is 9.75. The summed E-state index contributed by atoms with van der Waals surface area (Å²) in [6, 6.07) is 0. The first-order valence-corrected chi connectivity index (χ1v) is 8.44. The SMILES string of the molecule is CCOC1CC(N)(C(=O)NCC2(C)CCCCC2)C1(C)C. The van der Waals surface area contributed by atoms with Gasteiger partial charge in [-0.25, -0.2) is 0 Å². The summed E-state index contributed by atoms with van der Waals surface area (Å²) in [7, 11) is 0. The van der Waals surface area contributed by atoms with E-state index in [2.05, 4.69) is 12.2 Å². The molecule has 0 saturated heterocycles. The number of rotatable bonds is 5. The molecule has 0 heterocycles. The van der Waals surface area contributed by atoms with Gasteiger partial charge in [-0.3, -0.25) is 4.79 Å². The van der Waals surface area contributed by atoms with E-state index < -0.39 is 5.54 Å². The maximum absolute atomic E-state index is 12.6. The molecule has 0 bridgehead atoms. The summed E-state index contributed by atoms with van der Waals surface area (Å²) < 4.78 is 5.69. The van der Waals surface area contributed by atoms with Gasteiger partial charge in [-0.15, -0.1) is 0 Å². The molecule has 2 aliphatic rings. The van der Waals surface area contributed by atoms with Gasteiger partial charge in [0.25, 0.3) is 0 Å². The van der Waals surface area contributed by atoms with Crippen molar-refractivity contribution in [3.63, 3.8) is 0 Å². The van der Waals surface area contributed by atoms with Crippen LogP contribution in [0.25, 0.3) is 0 Å². The average molecular weight is 296 g/mol. The van der Waals surface area contributed by atoms with Crippen LogP contribution in [0.15, 0.2) is 0 Å². The summed E-state index contributed by atoms with van der Waals surface area (Å²) in [4.78, 5) is 12.6. The van der Waals surface area contributed by atoms with E-state index in [1.807, 2.05) is 20.8 Å². The number of hydrogen-bond donors (Lipinski definition) is 2. The van der Waals surface area contributed by atoms with Crippen LogP contribution in [0.1, 0.15) is 66.2 Å². The first kappa shape index (κ1) is 16.8. The Morgan fingerprint density at radius 2 is 1.86 bits per heavy atom. The fourth-order valence-corrected chi connectivity index (χ4v) is 3.85. The van der Waals surface area contributed by atoms with Crippen molar-refractivity contribution in [3.8, 4) is 0 Å². The standard InChI is InChI=1S/C17H32N2O2/c1-5-21-13-11-17(18,15(13,2)3)14(20)19-12-16(4)9-7-6-8-10-16/h13H,5-12,18H2,1-4H3,(H,19,20). The van der Waals surface area contributed by atoms with Crippen LogP contribution in [0.4, 0.5) is 0 Å². The van der Waals surface area contributed by atoms with Gasteiger partial charge in [-0.1, -0.05) is 40.0 Å². The number of nitrogens with one attached hydrogen (secondary N) is 1. The van der Waals surface area contributed by atoms with E-state index in [1.54, 1.807) is 0 Å². The van der Waals surface area contributed by atoms with Crippen LogP contribution in [-0.4, -0.2) is 30.7 Å². The highest BCUT2D eigenvalue weighted by molar-refractivity contribution is 5.88. The van der Waals surface area contributed by atoms with Gasteiger partial charge in [-0.05, 0) is 25.2 Å². The summed E-state index contributed by atoms with van der Waals surface area (Å²) in [5.74, 6) is -0.00440. The molecule has 0 radical (unpaired) electrons. The third-order valence-corrected chi connectivity index (χ3v) is 5.97. The highest BCUT2D eigenvalue weighted by atomic mass is 16.5. The van der Waals surface area contributed by atoms with Gasteiger partial charge in [0.05, 0.1) is 6.10 Å². The average Bonchev–Trinajstić information content (AvgIpc) is 2.45. The number of amides is 1. The van der Waals surface area contributed by atoms with E-state index in [0.717, 1.165) is 6.54 Å². The summed E-state index contributed by atoms with van der Waals surface area (Å²) in [5.41, 5.74) is 5.56. The molecule has 2 aliphatic carbocycles. The van der Waals surface area contributed by atoms with Crippen molar-refractivity contribution in [2.75, 3.05) is 13.2 Å². The Morgan fingerprint density at radius 1 is 1.24 bits per heavy atom. The minimum atomic E-state index is -0.794. The second-order valence-electron chi connectivity index (χ2n) is 7.90. The van der Waals surface area contributed by atoms with Gasteiger partial charge in [-0.2, -0.15) is 0 Å². The quantitative estimate of drug-likeness (QED) is 0.819. The molecule has 3 N–H and O–H groups in total. The van der Waals surface area contributed by atoms with Crippen molar-refractivity contribution in [1.29, 1.82) is 0 Å². The van der Waals surface area contributed by atoms with Gasteiger partial charge in [0.1, 0.15) is 5.54 Å². The molecule has 4 heteroatoms. The van der Waals surface area contributed by atoms with Gasteiger partial charge >= 0.3 is 0 Å². The highest BCUT2D eigenvalue weighted by Gasteiger charge is 2.62. The molecular weight excluding hydrogens is 264 g/mol. The lowest BCUT2D eigenvalue weighted by molar-refractivity contribution is -0.171. The van der Waals surface area contributed by atoms with E-state index in [-0.39, 0.29) is 22.8 Å². The molecule has 2 fully saturated rings. The maximum Gasteiger partial charge on any atom is 0.240 e. The van der Waals surface area contributed by atoms with Gasteiger partial charge in [0.15, 0.2) is 0 Å². The zero-order valence-electron chi connectivity index (χ0n) is 14.1. The molecular formula is C17H32N2O2. The van der Waals surface area contributed by atoms with Crippen molar-refractivity contribution < 1.29 is 9.53 Å². The van der Waals surface area contributed by atoms with E-state index in [9.17, 15) is 4.79 Å². The van der Waals surface area contributed by atoms with Crippen LogP contribution in [0.5, 0.6) is 0 Å². The molecule has 0 aromatic heterocycles. The van der Waals surface area contributed by atoms with Crippen LogP contribution in [0.2, 0.25) is 0 Å². The van der Waals surface area contributed by atoms with Crippen LogP contribution in [0.3, 0.4) is 0 Å². The molecule has 2 unspecified atom stereocenters. The topological polar surface area (TPSA) is 64.3 Å². The van der Waals surface area contributed by atoms with E-state index in [1.165, 1.54) is 32.1 Å². The molecule has 122 valence electrons. The summed E-state index contributed by atoms with van der Waals surface area (Å²) in [5, 5.41) is 3.13. The monoisotopic (exact) mass is 296 g/mol. The minimum Gasteiger partial charge on any atom is -0.378 e. The molecule has 4 nitrogen and oxygen atoms in total. The highest BCUT2D eigenvalue weighted by Crippen LogP contribution is 2.50. The normalized spacial score (nSPS) is 34.0. The number of hydrogen-bond acceptors (Lipinski definition) is 3. The molecule has 1 amide bonds. The van der Waals surface area contributed by atoms with Crippen LogP contribution in [-0.2, 0) is 9.53 Å². The number of carbonyl (C=O) groups excluding carboxylic acids is 1. The molecule has 0 aliphatic heterocycles. The van der Waals surface area contributed by atoms with E-state index >= 15 is 0 Å². The number of nitrogens with two attached hydrogens (primary N) is 1.